The lowest BCUT2D eigenvalue weighted by Gasteiger charge is -2.24. The van der Waals surface area contributed by atoms with Crippen LogP contribution in [0.1, 0.15) is 37.9 Å². The van der Waals surface area contributed by atoms with Crippen LogP contribution in [-0.2, 0) is 9.53 Å². The number of allylic oxidation sites excluding steroid dienone is 1. The molecule has 2 aromatic carbocycles. The van der Waals surface area contributed by atoms with E-state index in [9.17, 15) is 14.7 Å². The normalized spacial score (nSPS) is 15.6. The van der Waals surface area contributed by atoms with Gasteiger partial charge in [0.25, 0.3) is 5.56 Å². The topological polar surface area (TPSA) is 90.1 Å². The molecule has 10 heteroatoms. The fourth-order valence-corrected chi connectivity index (χ4v) is 5.73. The molecule has 35 heavy (non-hydrogen) atoms. The molecule has 1 N–H and O–H groups in total. The number of hydrogen-bond donors (Lipinski definition) is 1. The monoisotopic (exact) mass is 576 g/mol. The molecular formula is C25H22BrClN2O5S. The molecule has 0 aliphatic carbocycles. The quantitative estimate of drug-likeness (QED) is 0.441. The number of thiazole rings is 1. The van der Waals surface area contributed by atoms with Gasteiger partial charge in [0.05, 0.1) is 39.5 Å². The van der Waals surface area contributed by atoms with Crippen LogP contribution in [0.4, 0.5) is 0 Å². The third-order valence-corrected chi connectivity index (χ3v) is 7.17. The minimum absolute atomic E-state index is 0.0355. The first-order chi connectivity index (χ1) is 16.7. The number of hydrogen-bond acceptors (Lipinski definition) is 7. The van der Waals surface area contributed by atoms with Gasteiger partial charge in [-0.2, -0.15) is 0 Å². The van der Waals surface area contributed by atoms with Gasteiger partial charge >= 0.3 is 5.97 Å². The summed E-state index contributed by atoms with van der Waals surface area (Å²) in [7, 11) is 0. The fourth-order valence-electron chi connectivity index (χ4n) is 3.86. The highest BCUT2D eigenvalue weighted by Gasteiger charge is 2.33. The van der Waals surface area contributed by atoms with E-state index < -0.39 is 12.0 Å². The third kappa shape index (κ3) is 4.94. The zero-order valence-corrected chi connectivity index (χ0v) is 22.3. The molecular weight excluding hydrogens is 556 g/mol. The molecule has 0 amide bonds. The van der Waals surface area contributed by atoms with E-state index in [1.165, 1.54) is 15.9 Å². The number of carbonyl (C=O) groups is 1. The minimum Gasteiger partial charge on any atom is -0.506 e. The van der Waals surface area contributed by atoms with Gasteiger partial charge in [-0.1, -0.05) is 35.1 Å². The number of benzene rings is 2. The second-order valence-corrected chi connectivity index (χ2v) is 9.93. The van der Waals surface area contributed by atoms with Gasteiger partial charge in [0.15, 0.2) is 4.80 Å². The first kappa shape index (κ1) is 25.2. The van der Waals surface area contributed by atoms with E-state index in [-0.39, 0.29) is 17.9 Å². The lowest BCUT2D eigenvalue weighted by molar-refractivity contribution is -0.139. The maximum Gasteiger partial charge on any atom is 0.338 e. The molecule has 0 radical (unpaired) electrons. The molecule has 1 aliphatic heterocycles. The number of phenols is 1. The molecule has 1 atom stereocenters. The summed E-state index contributed by atoms with van der Waals surface area (Å²) >= 11 is 10.6. The molecule has 0 unspecified atom stereocenters. The van der Waals surface area contributed by atoms with Crippen LogP contribution in [0.15, 0.2) is 61.9 Å². The lowest BCUT2D eigenvalue weighted by atomic mass is 9.96. The lowest BCUT2D eigenvalue weighted by Crippen LogP contribution is -2.39. The van der Waals surface area contributed by atoms with Crippen molar-refractivity contribution in [3.8, 4) is 11.5 Å². The number of aromatic nitrogens is 1. The highest BCUT2D eigenvalue weighted by Crippen LogP contribution is 2.33. The summed E-state index contributed by atoms with van der Waals surface area (Å²) in [6.07, 6.45) is 1.56. The van der Waals surface area contributed by atoms with Crippen molar-refractivity contribution in [3.63, 3.8) is 0 Å². The molecule has 0 saturated heterocycles. The highest BCUT2D eigenvalue weighted by atomic mass is 79.9. The summed E-state index contributed by atoms with van der Waals surface area (Å²) in [5.41, 5.74) is 1.52. The molecule has 1 aliphatic rings. The predicted molar refractivity (Wildman–Crippen MR) is 139 cm³/mol. The Morgan fingerprint density at radius 1 is 1.26 bits per heavy atom. The van der Waals surface area contributed by atoms with Gasteiger partial charge in [-0.05, 0) is 72.6 Å². The average molecular weight is 578 g/mol. The van der Waals surface area contributed by atoms with Gasteiger partial charge in [-0.3, -0.25) is 9.36 Å². The Labute approximate surface area is 218 Å². The summed E-state index contributed by atoms with van der Waals surface area (Å²) in [5.74, 6) is 0.120. The average Bonchev–Trinajstić information content (AvgIpc) is 3.11. The number of carbonyl (C=O) groups excluding carboxylic acids is 1. The van der Waals surface area contributed by atoms with Gasteiger partial charge in [-0.15, -0.1) is 0 Å². The van der Waals surface area contributed by atoms with E-state index in [1.54, 1.807) is 44.2 Å². The van der Waals surface area contributed by atoms with E-state index in [1.807, 2.05) is 19.1 Å². The summed E-state index contributed by atoms with van der Waals surface area (Å²) in [5, 5.41) is 10.9. The van der Waals surface area contributed by atoms with Crippen molar-refractivity contribution < 1.29 is 19.4 Å². The number of phenolic OH excluding ortho intramolecular Hbond substituents is 1. The van der Waals surface area contributed by atoms with Crippen molar-refractivity contribution in [2.75, 3.05) is 13.2 Å². The van der Waals surface area contributed by atoms with Crippen molar-refractivity contribution in [1.29, 1.82) is 0 Å². The second-order valence-electron chi connectivity index (χ2n) is 7.63. The summed E-state index contributed by atoms with van der Waals surface area (Å²) < 4.78 is 13.1. The molecule has 1 aromatic heterocycles. The van der Waals surface area contributed by atoms with Crippen molar-refractivity contribution in [2.24, 2.45) is 4.99 Å². The Morgan fingerprint density at radius 3 is 2.63 bits per heavy atom. The summed E-state index contributed by atoms with van der Waals surface area (Å²) in [4.78, 5) is 31.6. The molecule has 182 valence electrons. The zero-order chi connectivity index (χ0) is 25.3. The van der Waals surface area contributed by atoms with Crippen LogP contribution in [0.3, 0.4) is 0 Å². The summed E-state index contributed by atoms with van der Waals surface area (Å²) in [6.45, 7) is 6.07. The largest absolute Gasteiger partial charge is 0.506 e. The molecule has 0 spiro atoms. The Kier molecular flexibility index (Phi) is 7.49. The number of halogens is 2. The van der Waals surface area contributed by atoms with Crippen LogP contribution in [-0.4, -0.2) is 28.9 Å². The van der Waals surface area contributed by atoms with Crippen molar-refractivity contribution >= 4 is 50.9 Å². The number of fused-ring (bicyclic) bond motifs is 1. The van der Waals surface area contributed by atoms with Crippen LogP contribution >= 0.6 is 38.9 Å². The van der Waals surface area contributed by atoms with Crippen LogP contribution in [0, 0.1) is 0 Å². The number of aromatic hydroxyl groups is 1. The van der Waals surface area contributed by atoms with Crippen LogP contribution in [0.5, 0.6) is 11.5 Å². The van der Waals surface area contributed by atoms with Gasteiger partial charge < -0.3 is 14.6 Å². The summed E-state index contributed by atoms with van der Waals surface area (Å²) in [6, 6.07) is 9.65. The van der Waals surface area contributed by atoms with E-state index >= 15 is 0 Å². The smallest absolute Gasteiger partial charge is 0.338 e. The maximum absolute atomic E-state index is 13.6. The molecule has 0 fully saturated rings. The number of nitrogens with zero attached hydrogens (tertiary/aromatic N) is 2. The van der Waals surface area contributed by atoms with E-state index in [0.29, 0.717) is 53.6 Å². The van der Waals surface area contributed by atoms with Crippen LogP contribution in [0.25, 0.3) is 6.08 Å². The van der Waals surface area contributed by atoms with Crippen molar-refractivity contribution in [1.82, 2.24) is 4.57 Å². The Balaban J connectivity index is 1.94. The fraction of sp³-hybridized carbons (Fsp3) is 0.240. The molecule has 7 nitrogen and oxygen atoms in total. The SMILES string of the molecule is CCOC(=O)C1=C(C)N=c2sc(=Cc3cc(Cl)cc(Br)c3O)c(=O)n2[C@H]1c1ccc(OCC)cc1. The van der Waals surface area contributed by atoms with E-state index in [0.717, 1.165) is 0 Å². The van der Waals surface area contributed by atoms with E-state index in [4.69, 9.17) is 21.1 Å². The molecule has 2 heterocycles. The molecule has 0 bridgehead atoms. The Morgan fingerprint density at radius 2 is 1.97 bits per heavy atom. The van der Waals surface area contributed by atoms with Crippen molar-refractivity contribution in [2.45, 2.75) is 26.8 Å². The van der Waals surface area contributed by atoms with Crippen molar-refractivity contribution in [3.05, 3.63) is 88.0 Å². The number of rotatable bonds is 6. The molecule has 0 saturated carbocycles. The van der Waals surface area contributed by atoms with Gasteiger partial charge in [0.2, 0.25) is 0 Å². The van der Waals surface area contributed by atoms with Crippen LogP contribution in [0.2, 0.25) is 5.02 Å². The first-order valence-electron chi connectivity index (χ1n) is 10.9. The zero-order valence-electron chi connectivity index (χ0n) is 19.2. The standard InChI is InChI=1S/C25H22BrClN2O5S/c1-4-33-17-8-6-14(7-9-17)21-20(24(32)34-5-2)13(3)28-25-29(21)23(31)19(35-25)11-15-10-16(27)12-18(26)22(15)30/h6-12,21,30H,4-5H2,1-3H3/t21-/m0/s1. The van der Waals surface area contributed by atoms with Gasteiger partial charge in [0.1, 0.15) is 11.5 Å². The molecule has 4 rings (SSSR count). The maximum atomic E-state index is 13.6. The first-order valence-corrected chi connectivity index (χ1v) is 12.8. The second kappa shape index (κ2) is 10.4. The van der Waals surface area contributed by atoms with Gasteiger partial charge in [-0.25, -0.2) is 9.79 Å². The van der Waals surface area contributed by atoms with Crippen LogP contribution < -0.4 is 19.6 Å². The third-order valence-electron chi connectivity index (χ3n) is 5.37. The van der Waals surface area contributed by atoms with E-state index in [2.05, 4.69) is 20.9 Å². The number of esters is 1. The number of ether oxygens (including phenoxy) is 2. The Hall–Kier alpha value is -2.88. The van der Waals surface area contributed by atoms with Gasteiger partial charge in [0, 0.05) is 10.6 Å². The molecule has 3 aromatic rings. The highest BCUT2D eigenvalue weighted by molar-refractivity contribution is 9.10. The minimum atomic E-state index is -0.733. The Bertz CT molecular complexity index is 1510. The predicted octanol–water partition coefficient (Wildman–Crippen LogP) is 4.32.